The molecule has 1 atom stereocenters. The number of sulfone groups is 1. The first-order chi connectivity index (χ1) is 8.21. The largest absolute Gasteiger partial charge is 0.467 e. The Kier molecular flexibility index (Phi) is 6.31. The molecule has 0 aliphatic heterocycles. The van der Waals surface area contributed by atoms with Crippen LogP contribution in [-0.4, -0.2) is 57.9 Å². The molecule has 1 unspecified atom stereocenters. The predicted octanol–water partition coefficient (Wildman–Crippen LogP) is -2.18. The fourth-order valence-electron chi connectivity index (χ4n) is 1.14. The van der Waals surface area contributed by atoms with Gasteiger partial charge in [0.1, 0.15) is 11.8 Å². The highest BCUT2D eigenvalue weighted by Gasteiger charge is 2.28. The number of rotatable bonds is 6. The minimum Gasteiger partial charge on any atom is -0.467 e. The summed E-state index contributed by atoms with van der Waals surface area (Å²) >= 11 is 0. The molecular weight excluding hydrogens is 264 g/mol. The third-order valence-corrected chi connectivity index (χ3v) is 3.46. The van der Waals surface area contributed by atoms with Gasteiger partial charge in [0, 0.05) is 14.0 Å². The molecule has 0 aliphatic carbocycles. The molecule has 104 valence electrons. The van der Waals surface area contributed by atoms with E-state index in [2.05, 4.69) is 15.4 Å². The van der Waals surface area contributed by atoms with Crippen molar-refractivity contribution in [3.63, 3.8) is 0 Å². The molecular formula is C9H16N2O6S. The average molecular weight is 280 g/mol. The van der Waals surface area contributed by atoms with Crippen molar-refractivity contribution >= 4 is 27.6 Å². The fourth-order valence-corrected chi connectivity index (χ4v) is 2.53. The summed E-state index contributed by atoms with van der Waals surface area (Å²) < 4.78 is 27.6. The Hall–Kier alpha value is -1.64. The van der Waals surface area contributed by atoms with Crippen LogP contribution in [0.2, 0.25) is 0 Å². The number of esters is 1. The Labute approximate surface area is 105 Å². The first-order valence-electron chi connectivity index (χ1n) is 4.97. The molecule has 0 rings (SSSR count). The first kappa shape index (κ1) is 16.4. The summed E-state index contributed by atoms with van der Waals surface area (Å²) in [5, 5.41) is 4.31. The second kappa shape index (κ2) is 6.94. The molecule has 0 radical (unpaired) electrons. The van der Waals surface area contributed by atoms with Crippen molar-refractivity contribution in [3.8, 4) is 0 Å². The molecule has 0 bridgehead atoms. The normalized spacial score (nSPS) is 12.4. The van der Waals surface area contributed by atoms with Gasteiger partial charge >= 0.3 is 5.97 Å². The molecule has 0 saturated carbocycles. The van der Waals surface area contributed by atoms with Crippen molar-refractivity contribution < 1.29 is 27.5 Å². The molecule has 0 heterocycles. The Bertz CT molecular complexity index is 430. The van der Waals surface area contributed by atoms with Crippen LogP contribution < -0.4 is 10.6 Å². The van der Waals surface area contributed by atoms with Crippen molar-refractivity contribution in [3.05, 3.63) is 0 Å². The summed E-state index contributed by atoms with van der Waals surface area (Å²) in [6.07, 6.45) is 0. The second-order valence-electron chi connectivity index (χ2n) is 3.50. The topological polar surface area (TPSA) is 119 Å². The lowest BCUT2D eigenvalue weighted by Crippen LogP contribution is -2.46. The summed E-state index contributed by atoms with van der Waals surface area (Å²) in [6.45, 7) is 1.14. The van der Waals surface area contributed by atoms with E-state index in [1.165, 1.54) is 7.05 Å². The molecule has 0 aromatic heterocycles. The summed E-state index contributed by atoms with van der Waals surface area (Å²) in [7, 11) is -1.45. The molecule has 18 heavy (non-hydrogen) atoms. The van der Waals surface area contributed by atoms with Gasteiger partial charge < -0.3 is 15.4 Å². The van der Waals surface area contributed by atoms with Crippen molar-refractivity contribution in [2.75, 3.05) is 25.7 Å². The fraction of sp³-hybridized carbons (Fsp3) is 0.667. The SMILES string of the molecule is CNC(=O)CS(=O)(=O)CC(NC(C)=O)C(=O)OC. The molecule has 8 nitrogen and oxygen atoms in total. The highest BCUT2D eigenvalue weighted by Crippen LogP contribution is 1.98. The van der Waals surface area contributed by atoms with Crippen LogP contribution in [0.1, 0.15) is 6.92 Å². The van der Waals surface area contributed by atoms with Crippen molar-refractivity contribution in [1.82, 2.24) is 10.6 Å². The van der Waals surface area contributed by atoms with E-state index in [0.29, 0.717) is 0 Å². The number of nitrogens with one attached hydrogen (secondary N) is 2. The number of methoxy groups -OCH3 is 1. The Morgan fingerprint density at radius 1 is 1.28 bits per heavy atom. The lowest BCUT2D eigenvalue weighted by Gasteiger charge is -2.15. The minimum atomic E-state index is -3.82. The van der Waals surface area contributed by atoms with Crippen LogP contribution in [0.4, 0.5) is 0 Å². The summed E-state index contributed by atoms with van der Waals surface area (Å²) in [5.74, 6) is -3.59. The quantitative estimate of drug-likeness (QED) is 0.534. The van der Waals surface area contributed by atoms with E-state index in [1.54, 1.807) is 0 Å². The highest BCUT2D eigenvalue weighted by atomic mass is 32.2. The number of carbonyl (C=O) groups excluding carboxylic acids is 3. The van der Waals surface area contributed by atoms with Gasteiger partial charge in [-0.3, -0.25) is 9.59 Å². The van der Waals surface area contributed by atoms with E-state index in [-0.39, 0.29) is 0 Å². The van der Waals surface area contributed by atoms with E-state index in [0.717, 1.165) is 14.0 Å². The van der Waals surface area contributed by atoms with Crippen LogP contribution in [0.15, 0.2) is 0 Å². The summed E-state index contributed by atoms with van der Waals surface area (Å²) in [4.78, 5) is 33.1. The van der Waals surface area contributed by atoms with Gasteiger partial charge in [-0.15, -0.1) is 0 Å². The van der Waals surface area contributed by atoms with Gasteiger partial charge in [0.25, 0.3) is 0 Å². The molecule has 0 aliphatic rings. The van der Waals surface area contributed by atoms with Crippen molar-refractivity contribution in [1.29, 1.82) is 0 Å². The smallest absolute Gasteiger partial charge is 0.329 e. The van der Waals surface area contributed by atoms with Gasteiger partial charge in [0.2, 0.25) is 11.8 Å². The van der Waals surface area contributed by atoms with Crippen LogP contribution in [0.5, 0.6) is 0 Å². The third-order valence-electron chi connectivity index (χ3n) is 1.91. The van der Waals surface area contributed by atoms with E-state index in [4.69, 9.17) is 0 Å². The molecule has 0 aromatic rings. The molecule has 9 heteroatoms. The lowest BCUT2D eigenvalue weighted by atomic mass is 10.3. The van der Waals surface area contributed by atoms with E-state index in [1.807, 2.05) is 0 Å². The van der Waals surface area contributed by atoms with Crippen molar-refractivity contribution in [2.45, 2.75) is 13.0 Å². The van der Waals surface area contributed by atoms with Gasteiger partial charge in [-0.2, -0.15) is 0 Å². The van der Waals surface area contributed by atoms with Crippen LogP contribution in [0, 0.1) is 0 Å². The third kappa shape index (κ3) is 6.18. The van der Waals surface area contributed by atoms with E-state index < -0.39 is 45.2 Å². The second-order valence-corrected chi connectivity index (χ2v) is 5.61. The lowest BCUT2D eigenvalue weighted by molar-refractivity contribution is -0.144. The summed E-state index contributed by atoms with van der Waals surface area (Å²) in [5.41, 5.74) is 0. The van der Waals surface area contributed by atoms with E-state index in [9.17, 15) is 22.8 Å². The number of ether oxygens (including phenoxy) is 1. The maximum atomic E-state index is 11.6. The monoisotopic (exact) mass is 280 g/mol. The average Bonchev–Trinajstić information content (AvgIpc) is 2.25. The maximum Gasteiger partial charge on any atom is 0.329 e. The predicted molar refractivity (Wildman–Crippen MR) is 62.3 cm³/mol. The van der Waals surface area contributed by atoms with Gasteiger partial charge in [-0.1, -0.05) is 0 Å². The Morgan fingerprint density at radius 2 is 1.83 bits per heavy atom. The van der Waals surface area contributed by atoms with Crippen LogP contribution in [0.25, 0.3) is 0 Å². The first-order valence-corrected chi connectivity index (χ1v) is 6.80. The number of hydrogen-bond acceptors (Lipinski definition) is 6. The molecule has 0 fully saturated rings. The minimum absolute atomic E-state index is 0.569. The number of amides is 2. The van der Waals surface area contributed by atoms with Gasteiger partial charge in [0.05, 0.1) is 12.9 Å². The van der Waals surface area contributed by atoms with Crippen LogP contribution >= 0.6 is 0 Å². The van der Waals surface area contributed by atoms with Crippen LogP contribution in [0.3, 0.4) is 0 Å². The maximum absolute atomic E-state index is 11.6. The molecule has 2 N–H and O–H groups in total. The number of hydrogen-bond donors (Lipinski definition) is 2. The number of carbonyl (C=O) groups is 3. The zero-order chi connectivity index (χ0) is 14.3. The Morgan fingerprint density at radius 3 is 2.22 bits per heavy atom. The molecule has 0 saturated heterocycles. The molecule has 2 amide bonds. The Balaban J connectivity index is 4.81. The standard InChI is InChI=1S/C9H16N2O6S/c1-6(12)11-7(9(14)17-3)4-18(15,16)5-8(13)10-2/h7H,4-5H2,1-3H3,(H,10,13)(H,11,12). The van der Waals surface area contributed by atoms with Gasteiger partial charge in [0.15, 0.2) is 9.84 Å². The molecule has 0 spiro atoms. The molecule has 0 aromatic carbocycles. The van der Waals surface area contributed by atoms with Crippen LogP contribution in [-0.2, 0) is 29.0 Å². The summed E-state index contributed by atoms with van der Waals surface area (Å²) in [6, 6.07) is -1.32. The zero-order valence-electron chi connectivity index (χ0n) is 10.3. The van der Waals surface area contributed by atoms with E-state index >= 15 is 0 Å². The van der Waals surface area contributed by atoms with Gasteiger partial charge in [-0.05, 0) is 0 Å². The highest BCUT2D eigenvalue weighted by molar-refractivity contribution is 7.92. The zero-order valence-corrected chi connectivity index (χ0v) is 11.2. The van der Waals surface area contributed by atoms with Crippen molar-refractivity contribution in [2.24, 2.45) is 0 Å². The van der Waals surface area contributed by atoms with Gasteiger partial charge in [-0.25, -0.2) is 13.2 Å².